The van der Waals surface area contributed by atoms with Crippen LogP contribution in [0.2, 0.25) is 0 Å². The minimum Gasteiger partial charge on any atom is -0.495 e. The first-order chi connectivity index (χ1) is 16.3. The van der Waals surface area contributed by atoms with E-state index >= 15 is 0 Å². The summed E-state index contributed by atoms with van der Waals surface area (Å²) in [5.74, 6) is 0.955. The fraction of sp³-hybridized carbons (Fsp3) is 0.261. The van der Waals surface area contributed by atoms with Gasteiger partial charge in [-0.1, -0.05) is 6.07 Å². The van der Waals surface area contributed by atoms with Gasteiger partial charge in [-0.2, -0.15) is 4.37 Å². The molecule has 0 aliphatic heterocycles. The smallest absolute Gasteiger partial charge is 0.283 e. The zero-order chi connectivity index (χ0) is 24.8. The highest BCUT2D eigenvalue weighted by Crippen LogP contribution is 2.45. The number of methoxy groups -OCH3 is 4. The summed E-state index contributed by atoms with van der Waals surface area (Å²) in [5.41, 5.74) is 11.8. The zero-order valence-electron chi connectivity index (χ0n) is 19.3. The molecule has 0 bridgehead atoms. The molecule has 2 aromatic carbocycles. The Morgan fingerprint density at radius 3 is 2.21 bits per heavy atom. The van der Waals surface area contributed by atoms with Crippen LogP contribution in [0, 0.1) is 0 Å². The van der Waals surface area contributed by atoms with Gasteiger partial charge in [0.2, 0.25) is 11.7 Å². The van der Waals surface area contributed by atoms with Crippen molar-refractivity contribution in [3.05, 3.63) is 36.5 Å². The minimum atomic E-state index is -0.830. The second-order valence-electron chi connectivity index (χ2n) is 7.25. The molecule has 1 atom stereocenters. The lowest BCUT2D eigenvalue weighted by Gasteiger charge is -2.15. The first-order valence-corrected chi connectivity index (χ1v) is 11.0. The van der Waals surface area contributed by atoms with Crippen LogP contribution in [0.25, 0.3) is 21.6 Å². The fourth-order valence-corrected chi connectivity index (χ4v) is 4.16. The number of anilines is 1. The third kappa shape index (κ3) is 5.21. The number of rotatable bonds is 10. The van der Waals surface area contributed by atoms with E-state index in [-0.39, 0.29) is 6.42 Å². The molecule has 3 aromatic rings. The Morgan fingerprint density at radius 2 is 1.65 bits per heavy atom. The van der Waals surface area contributed by atoms with E-state index in [9.17, 15) is 9.59 Å². The molecule has 6 N–H and O–H groups in total. The van der Waals surface area contributed by atoms with Crippen LogP contribution in [0.1, 0.15) is 6.42 Å². The van der Waals surface area contributed by atoms with Crippen LogP contribution in [0.3, 0.4) is 0 Å². The Bertz CT molecular complexity index is 1170. The first kappa shape index (κ1) is 24.8. The Morgan fingerprint density at radius 1 is 1.00 bits per heavy atom. The summed E-state index contributed by atoms with van der Waals surface area (Å²) in [6, 6.07) is 8.25. The summed E-state index contributed by atoms with van der Waals surface area (Å²) in [6.45, 7) is 0. The highest BCUT2D eigenvalue weighted by molar-refractivity contribution is 7.10. The molecule has 1 aromatic heterocycles. The first-order valence-electron chi connectivity index (χ1n) is 10.2. The maximum atomic E-state index is 12.5. The summed E-state index contributed by atoms with van der Waals surface area (Å²) in [4.78, 5) is 24.5. The van der Waals surface area contributed by atoms with Gasteiger partial charge in [-0.3, -0.25) is 9.59 Å². The molecule has 0 aliphatic rings. The number of amides is 2. The Hall–Kier alpha value is -3.83. The lowest BCUT2D eigenvalue weighted by molar-refractivity contribution is -0.401. The van der Waals surface area contributed by atoms with Crippen molar-refractivity contribution in [2.24, 2.45) is 5.73 Å². The highest BCUT2D eigenvalue weighted by atomic mass is 32.1. The molecule has 0 saturated carbocycles. The number of primary amides is 1. The van der Waals surface area contributed by atoms with Gasteiger partial charge < -0.3 is 35.7 Å². The molecule has 11 heteroatoms. The fourth-order valence-electron chi connectivity index (χ4n) is 3.41. The van der Waals surface area contributed by atoms with Crippen LogP contribution in [-0.2, 0) is 9.59 Å². The van der Waals surface area contributed by atoms with Crippen LogP contribution in [0.4, 0.5) is 5.69 Å². The second-order valence-corrected chi connectivity index (χ2v) is 8.06. The Balaban J connectivity index is 2.02. The van der Waals surface area contributed by atoms with Crippen LogP contribution in [0.15, 0.2) is 36.5 Å². The van der Waals surface area contributed by atoms with E-state index in [1.54, 1.807) is 39.7 Å². The molecule has 0 saturated heterocycles. The van der Waals surface area contributed by atoms with E-state index < -0.39 is 17.9 Å². The summed E-state index contributed by atoms with van der Waals surface area (Å²) in [5, 5.41) is 2.77. The standard InChI is InChI=1S/C23H26N4O6S/c1-30-17-6-5-12(7-16(17)27-23(29)15(24)10-20(25)28)14-11-26-34-22(14)13-8-18(31-2)21(33-4)19(9-13)32-3/h5-9,11,15H,10,24H2,1-4H3,(H2,25,28)(H,27,29)/p+1/t15-/m1/s1. The largest absolute Gasteiger partial charge is 0.495 e. The van der Waals surface area contributed by atoms with Gasteiger partial charge >= 0.3 is 0 Å². The van der Waals surface area contributed by atoms with E-state index in [4.69, 9.17) is 24.7 Å². The second kappa shape index (κ2) is 10.9. The molecule has 34 heavy (non-hydrogen) atoms. The molecule has 0 fully saturated rings. The monoisotopic (exact) mass is 487 g/mol. The van der Waals surface area contributed by atoms with E-state index in [2.05, 4.69) is 15.4 Å². The average Bonchev–Trinajstić information content (AvgIpc) is 3.32. The van der Waals surface area contributed by atoms with Gasteiger partial charge in [0.05, 0.1) is 45.4 Å². The number of nitrogens with one attached hydrogen (secondary N) is 1. The zero-order valence-corrected chi connectivity index (χ0v) is 20.2. The molecular weight excluding hydrogens is 460 g/mol. The summed E-state index contributed by atoms with van der Waals surface area (Å²) >= 11 is 1.31. The molecule has 3 rings (SSSR count). The van der Waals surface area contributed by atoms with Crippen LogP contribution in [-0.4, -0.2) is 50.7 Å². The molecule has 1 heterocycles. The van der Waals surface area contributed by atoms with Gasteiger partial charge in [0, 0.05) is 17.3 Å². The van der Waals surface area contributed by atoms with Gasteiger partial charge in [-0.25, -0.2) is 0 Å². The molecule has 0 spiro atoms. The lowest BCUT2D eigenvalue weighted by Crippen LogP contribution is -2.67. The molecule has 0 radical (unpaired) electrons. The summed E-state index contributed by atoms with van der Waals surface area (Å²) in [7, 11) is 6.16. The van der Waals surface area contributed by atoms with E-state index in [1.165, 1.54) is 18.6 Å². The van der Waals surface area contributed by atoms with Crippen LogP contribution in [0.5, 0.6) is 23.0 Å². The quantitative estimate of drug-likeness (QED) is 0.395. The number of carbonyl (C=O) groups is 2. The van der Waals surface area contributed by atoms with Crippen molar-refractivity contribution in [3.63, 3.8) is 0 Å². The Kier molecular flexibility index (Phi) is 7.92. The minimum absolute atomic E-state index is 0.159. The maximum absolute atomic E-state index is 12.5. The van der Waals surface area contributed by atoms with Crippen molar-refractivity contribution in [1.82, 2.24) is 4.37 Å². The number of nitrogens with two attached hydrogens (primary N) is 1. The highest BCUT2D eigenvalue weighted by Gasteiger charge is 2.22. The van der Waals surface area contributed by atoms with Crippen molar-refractivity contribution >= 4 is 29.0 Å². The van der Waals surface area contributed by atoms with Crippen molar-refractivity contribution in [2.45, 2.75) is 12.5 Å². The normalized spacial score (nSPS) is 11.4. The van der Waals surface area contributed by atoms with Gasteiger partial charge in [-0.15, -0.1) is 0 Å². The third-order valence-electron chi connectivity index (χ3n) is 5.08. The third-order valence-corrected chi connectivity index (χ3v) is 5.93. The van der Waals surface area contributed by atoms with E-state index in [0.29, 0.717) is 28.7 Å². The molecular formula is C23H27N4O6S+. The average molecular weight is 488 g/mol. The number of nitrogens with zero attached hydrogens (tertiary/aromatic N) is 1. The number of hydrogen-bond donors (Lipinski definition) is 3. The summed E-state index contributed by atoms with van der Waals surface area (Å²) < 4.78 is 26.1. The van der Waals surface area contributed by atoms with Crippen LogP contribution < -0.4 is 35.7 Å². The topological polar surface area (TPSA) is 150 Å². The molecule has 2 amide bonds. The summed E-state index contributed by atoms with van der Waals surface area (Å²) in [6.07, 6.45) is 1.58. The van der Waals surface area contributed by atoms with Gasteiger partial charge in [-0.05, 0) is 41.4 Å². The van der Waals surface area contributed by atoms with Gasteiger partial charge in [0.15, 0.2) is 17.5 Å². The number of carbonyl (C=O) groups excluding carboxylic acids is 2. The van der Waals surface area contributed by atoms with E-state index in [1.807, 2.05) is 18.2 Å². The lowest BCUT2D eigenvalue weighted by atomic mass is 10.0. The van der Waals surface area contributed by atoms with Crippen molar-refractivity contribution in [1.29, 1.82) is 0 Å². The van der Waals surface area contributed by atoms with E-state index in [0.717, 1.165) is 21.6 Å². The van der Waals surface area contributed by atoms with Crippen molar-refractivity contribution in [2.75, 3.05) is 33.8 Å². The predicted molar refractivity (Wildman–Crippen MR) is 128 cm³/mol. The Labute approximate surface area is 200 Å². The molecule has 10 nitrogen and oxygen atoms in total. The number of benzene rings is 2. The number of hydrogen-bond acceptors (Lipinski definition) is 8. The maximum Gasteiger partial charge on any atom is 0.283 e. The number of quaternary nitrogens is 1. The SMILES string of the molecule is COc1ccc(-c2cnsc2-c2cc(OC)c(OC)c(OC)c2)cc1NC(=O)[C@H]([NH3+])CC(N)=O. The van der Waals surface area contributed by atoms with Gasteiger partial charge in [0.1, 0.15) is 5.75 Å². The molecule has 180 valence electrons. The molecule has 0 aliphatic carbocycles. The number of ether oxygens (including phenoxy) is 4. The van der Waals surface area contributed by atoms with Crippen LogP contribution >= 0.6 is 11.5 Å². The number of aromatic nitrogens is 1. The van der Waals surface area contributed by atoms with Gasteiger partial charge in [0.25, 0.3) is 5.91 Å². The van der Waals surface area contributed by atoms with Crippen molar-refractivity contribution in [3.8, 4) is 44.6 Å². The molecule has 0 unspecified atom stereocenters. The predicted octanol–water partition coefficient (Wildman–Crippen LogP) is 1.94. The van der Waals surface area contributed by atoms with Crippen molar-refractivity contribution < 1.29 is 34.3 Å².